The SMILES string of the molecule is CNCC1CCN(c2ncc(C)cn2)CC1. The molecule has 0 bridgehead atoms. The lowest BCUT2D eigenvalue weighted by atomic mass is 9.97. The Hall–Kier alpha value is -1.16. The van der Waals surface area contributed by atoms with E-state index in [9.17, 15) is 0 Å². The first-order valence-corrected chi connectivity index (χ1v) is 5.98. The van der Waals surface area contributed by atoms with E-state index >= 15 is 0 Å². The van der Waals surface area contributed by atoms with E-state index in [4.69, 9.17) is 0 Å². The van der Waals surface area contributed by atoms with Crippen LogP contribution in [0.4, 0.5) is 5.95 Å². The third kappa shape index (κ3) is 2.70. The van der Waals surface area contributed by atoms with Crippen LogP contribution in [-0.2, 0) is 0 Å². The van der Waals surface area contributed by atoms with Gasteiger partial charge in [0.05, 0.1) is 0 Å². The van der Waals surface area contributed by atoms with Crippen LogP contribution in [0.25, 0.3) is 0 Å². The first kappa shape index (κ1) is 11.3. The van der Waals surface area contributed by atoms with Crippen molar-refractivity contribution in [2.24, 2.45) is 5.92 Å². The van der Waals surface area contributed by atoms with Gasteiger partial charge < -0.3 is 10.2 Å². The molecule has 16 heavy (non-hydrogen) atoms. The van der Waals surface area contributed by atoms with E-state index in [0.29, 0.717) is 0 Å². The minimum atomic E-state index is 0.812. The Morgan fingerprint density at radius 1 is 1.31 bits per heavy atom. The summed E-state index contributed by atoms with van der Waals surface area (Å²) in [5, 5.41) is 3.25. The Labute approximate surface area is 97.1 Å². The van der Waals surface area contributed by atoms with Crippen molar-refractivity contribution in [2.75, 3.05) is 31.6 Å². The van der Waals surface area contributed by atoms with Crippen molar-refractivity contribution in [3.8, 4) is 0 Å². The van der Waals surface area contributed by atoms with Gasteiger partial charge in [-0.1, -0.05) is 0 Å². The van der Waals surface area contributed by atoms with Gasteiger partial charge in [-0.25, -0.2) is 9.97 Å². The maximum atomic E-state index is 4.37. The van der Waals surface area contributed by atoms with Crippen molar-refractivity contribution >= 4 is 5.95 Å². The second kappa shape index (κ2) is 5.25. The summed E-state index contributed by atoms with van der Waals surface area (Å²) in [7, 11) is 2.02. The zero-order valence-corrected chi connectivity index (χ0v) is 10.1. The number of hydrogen-bond acceptors (Lipinski definition) is 4. The Morgan fingerprint density at radius 2 is 1.94 bits per heavy atom. The van der Waals surface area contributed by atoms with Gasteiger partial charge in [-0.05, 0) is 44.8 Å². The zero-order chi connectivity index (χ0) is 11.4. The lowest BCUT2D eigenvalue weighted by molar-refractivity contribution is 0.391. The standard InChI is InChI=1S/C12H20N4/c1-10-7-14-12(15-8-10)16-5-3-11(4-6-16)9-13-2/h7-8,11,13H,3-6,9H2,1-2H3. The average molecular weight is 220 g/mol. The van der Waals surface area contributed by atoms with Crippen LogP contribution in [0.2, 0.25) is 0 Å². The topological polar surface area (TPSA) is 41.0 Å². The molecule has 2 rings (SSSR count). The Morgan fingerprint density at radius 3 is 2.50 bits per heavy atom. The molecular weight excluding hydrogens is 200 g/mol. The van der Waals surface area contributed by atoms with E-state index in [1.54, 1.807) is 0 Å². The van der Waals surface area contributed by atoms with Crippen molar-refractivity contribution in [3.63, 3.8) is 0 Å². The molecular formula is C12H20N4. The number of hydrogen-bond donors (Lipinski definition) is 1. The molecule has 0 radical (unpaired) electrons. The third-order valence-electron chi connectivity index (χ3n) is 3.16. The number of aromatic nitrogens is 2. The zero-order valence-electron chi connectivity index (χ0n) is 10.1. The van der Waals surface area contributed by atoms with Gasteiger partial charge in [0.25, 0.3) is 0 Å². The maximum absolute atomic E-state index is 4.37. The Bertz CT molecular complexity index is 314. The number of piperidine rings is 1. The molecule has 0 amide bonds. The van der Waals surface area contributed by atoms with Gasteiger partial charge in [0.1, 0.15) is 0 Å². The Kier molecular flexibility index (Phi) is 3.72. The van der Waals surface area contributed by atoms with Crippen LogP contribution in [-0.4, -0.2) is 36.6 Å². The molecule has 0 aromatic carbocycles. The van der Waals surface area contributed by atoms with E-state index in [1.165, 1.54) is 12.8 Å². The van der Waals surface area contributed by atoms with Crippen molar-refractivity contribution < 1.29 is 0 Å². The molecule has 1 N–H and O–H groups in total. The smallest absolute Gasteiger partial charge is 0.225 e. The van der Waals surface area contributed by atoms with Gasteiger partial charge in [-0.2, -0.15) is 0 Å². The monoisotopic (exact) mass is 220 g/mol. The minimum Gasteiger partial charge on any atom is -0.341 e. The molecule has 1 fully saturated rings. The van der Waals surface area contributed by atoms with Gasteiger partial charge in [-0.15, -0.1) is 0 Å². The highest BCUT2D eigenvalue weighted by molar-refractivity contribution is 5.30. The second-order valence-electron chi connectivity index (χ2n) is 4.55. The van der Waals surface area contributed by atoms with Gasteiger partial charge in [0.15, 0.2) is 0 Å². The quantitative estimate of drug-likeness (QED) is 0.831. The largest absolute Gasteiger partial charge is 0.341 e. The van der Waals surface area contributed by atoms with Crippen LogP contribution < -0.4 is 10.2 Å². The molecule has 0 saturated carbocycles. The molecule has 1 saturated heterocycles. The second-order valence-corrected chi connectivity index (χ2v) is 4.55. The molecule has 4 heteroatoms. The van der Waals surface area contributed by atoms with Crippen molar-refractivity contribution in [3.05, 3.63) is 18.0 Å². The predicted molar refractivity (Wildman–Crippen MR) is 65.6 cm³/mol. The van der Waals surface area contributed by atoms with Crippen LogP contribution >= 0.6 is 0 Å². The number of rotatable bonds is 3. The van der Waals surface area contributed by atoms with Gasteiger partial charge in [0, 0.05) is 25.5 Å². The van der Waals surface area contributed by atoms with Gasteiger partial charge in [0.2, 0.25) is 5.95 Å². The molecule has 0 unspecified atom stereocenters. The van der Waals surface area contributed by atoms with Crippen molar-refractivity contribution in [2.45, 2.75) is 19.8 Å². The summed E-state index contributed by atoms with van der Waals surface area (Å²) in [6.45, 7) is 5.30. The molecule has 2 heterocycles. The molecule has 88 valence electrons. The minimum absolute atomic E-state index is 0.812. The lowest BCUT2D eigenvalue weighted by Gasteiger charge is -2.31. The van der Waals surface area contributed by atoms with E-state index in [0.717, 1.165) is 37.1 Å². The normalized spacial score (nSPS) is 17.8. The van der Waals surface area contributed by atoms with Crippen LogP contribution in [0, 0.1) is 12.8 Å². The highest BCUT2D eigenvalue weighted by Crippen LogP contribution is 2.19. The summed E-state index contributed by atoms with van der Waals surface area (Å²) < 4.78 is 0. The van der Waals surface area contributed by atoms with Crippen LogP contribution in [0.3, 0.4) is 0 Å². The molecule has 1 aromatic rings. The van der Waals surface area contributed by atoms with Gasteiger partial charge >= 0.3 is 0 Å². The average Bonchev–Trinajstić information content (AvgIpc) is 2.32. The first-order chi connectivity index (χ1) is 7.79. The molecule has 0 atom stereocenters. The summed E-state index contributed by atoms with van der Waals surface area (Å²) in [6.07, 6.45) is 6.25. The Balaban J connectivity index is 1.91. The van der Waals surface area contributed by atoms with Crippen LogP contribution in [0.15, 0.2) is 12.4 Å². The number of aryl methyl sites for hydroxylation is 1. The van der Waals surface area contributed by atoms with E-state index in [1.807, 2.05) is 26.4 Å². The lowest BCUT2D eigenvalue weighted by Crippen LogP contribution is -2.37. The third-order valence-corrected chi connectivity index (χ3v) is 3.16. The number of nitrogens with one attached hydrogen (secondary N) is 1. The highest BCUT2D eigenvalue weighted by atomic mass is 15.2. The van der Waals surface area contributed by atoms with E-state index in [2.05, 4.69) is 20.2 Å². The summed E-state index contributed by atoms with van der Waals surface area (Å²) in [5.74, 6) is 1.69. The molecule has 1 aliphatic rings. The number of nitrogens with zero attached hydrogens (tertiary/aromatic N) is 3. The number of anilines is 1. The molecule has 0 spiro atoms. The van der Waals surface area contributed by atoms with Gasteiger partial charge in [-0.3, -0.25) is 0 Å². The summed E-state index contributed by atoms with van der Waals surface area (Å²) in [6, 6.07) is 0. The fourth-order valence-corrected chi connectivity index (χ4v) is 2.17. The highest BCUT2D eigenvalue weighted by Gasteiger charge is 2.19. The molecule has 1 aliphatic heterocycles. The van der Waals surface area contributed by atoms with Crippen LogP contribution in [0.5, 0.6) is 0 Å². The summed E-state index contributed by atoms with van der Waals surface area (Å²) >= 11 is 0. The fraction of sp³-hybridized carbons (Fsp3) is 0.667. The van der Waals surface area contributed by atoms with Crippen LogP contribution in [0.1, 0.15) is 18.4 Å². The van der Waals surface area contributed by atoms with Crippen molar-refractivity contribution in [1.29, 1.82) is 0 Å². The molecule has 1 aromatic heterocycles. The summed E-state index contributed by atoms with van der Waals surface area (Å²) in [4.78, 5) is 11.0. The molecule has 0 aliphatic carbocycles. The van der Waals surface area contributed by atoms with Crippen molar-refractivity contribution in [1.82, 2.24) is 15.3 Å². The first-order valence-electron chi connectivity index (χ1n) is 5.98. The summed E-state index contributed by atoms with van der Waals surface area (Å²) in [5.41, 5.74) is 1.12. The predicted octanol–water partition coefficient (Wildman–Crippen LogP) is 1.22. The fourth-order valence-electron chi connectivity index (χ4n) is 2.17. The van der Waals surface area contributed by atoms with E-state index in [-0.39, 0.29) is 0 Å². The van der Waals surface area contributed by atoms with E-state index < -0.39 is 0 Å². The maximum Gasteiger partial charge on any atom is 0.225 e. The molecule has 4 nitrogen and oxygen atoms in total.